The summed E-state index contributed by atoms with van der Waals surface area (Å²) in [6.45, 7) is 2.16. The molecule has 6 aromatic carbocycles. The van der Waals surface area contributed by atoms with E-state index in [4.69, 9.17) is 4.98 Å². The second kappa shape index (κ2) is 8.50. The van der Waals surface area contributed by atoms with E-state index < -0.39 is 0 Å². The zero-order chi connectivity index (χ0) is 27.1. The van der Waals surface area contributed by atoms with E-state index in [0.29, 0.717) is 0 Å². The molecule has 2 nitrogen and oxygen atoms in total. The molecule has 0 aliphatic rings. The van der Waals surface area contributed by atoms with E-state index in [2.05, 4.69) is 139 Å². The number of rotatable bonds is 2. The van der Waals surface area contributed by atoms with Crippen molar-refractivity contribution in [3.63, 3.8) is 0 Å². The summed E-state index contributed by atoms with van der Waals surface area (Å²) in [5, 5.41) is 8.57. The summed E-state index contributed by atoms with van der Waals surface area (Å²) >= 11 is 1.84. The van der Waals surface area contributed by atoms with Crippen LogP contribution in [0.1, 0.15) is 4.88 Å². The first-order valence-corrected chi connectivity index (χ1v) is 14.8. The lowest BCUT2D eigenvalue weighted by Gasteiger charge is -2.12. The summed E-state index contributed by atoms with van der Waals surface area (Å²) in [4.78, 5) is 8.01. The van der Waals surface area contributed by atoms with Crippen LogP contribution in [0.3, 0.4) is 0 Å². The van der Waals surface area contributed by atoms with Crippen LogP contribution >= 0.6 is 11.3 Å². The van der Waals surface area contributed by atoms with Crippen LogP contribution in [0.15, 0.2) is 127 Å². The molecule has 3 heterocycles. The van der Waals surface area contributed by atoms with Gasteiger partial charge in [0.1, 0.15) is 5.65 Å². The van der Waals surface area contributed by atoms with E-state index in [1.165, 1.54) is 75.2 Å². The van der Waals surface area contributed by atoms with Crippen LogP contribution in [-0.2, 0) is 0 Å². The minimum absolute atomic E-state index is 1.01. The van der Waals surface area contributed by atoms with Gasteiger partial charge in [0, 0.05) is 31.3 Å². The van der Waals surface area contributed by atoms with Crippen molar-refractivity contribution in [3.8, 4) is 21.6 Å². The molecular weight excluding hydrogens is 516 g/mol. The highest BCUT2D eigenvalue weighted by Crippen LogP contribution is 2.40. The number of nitrogens with zero attached hydrogens (tertiary/aromatic N) is 2. The maximum absolute atomic E-state index is 5.36. The normalized spacial score (nSPS) is 12.0. The first-order chi connectivity index (χ1) is 20.2. The van der Waals surface area contributed by atoms with Crippen LogP contribution in [0, 0.1) is 6.92 Å². The van der Waals surface area contributed by atoms with Gasteiger partial charge in [-0.05, 0) is 64.0 Å². The standard InChI is InChI=1S/C38H24N2S/c1-23-14-21-35(41-23)25-17-15-24(16-18-25)26-19-20-34-33(22-26)29-10-4-7-13-32(29)38-39-36-30-11-5-2-8-27(30)28-9-3-6-12-31(28)37(36)40(34)38/h2-22H,1H3. The predicted molar refractivity (Wildman–Crippen MR) is 176 cm³/mol. The molecule has 41 heavy (non-hydrogen) atoms. The van der Waals surface area contributed by atoms with Crippen molar-refractivity contribution in [1.82, 2.24) is 9.38 Å². The highest BCUT2D eigenvalue weighted by molar-refractivity contribution is 7.15. The Hall–Kier alpha value is -4.99. The minimum Gasteiger partial charge on any atom is -0.291 e. The molecule has 0 aliphatic carbocycles. The maximum atomic E-state index is 5.36. The van der Waals surface area contributed by atoms with Gasteiger partial charge in [0.2, 0.25) is 0 Å². The molecule has 0 fully saturated rings. The first kappa shape index (κ1) is 22.8. The van der Waals surface area contributed by atoms with Crippen molar-refractivity contribution < 1.29 is 0 Å². The molecule has 9 rings (SSSR count). The number of benzene rings is 6. The van der Waals surface area contributed by atoms with Gasteiger partial charge in [0.15, 0.2) is 0 Å². The lowest BCUT2D eigenvalue weighted by atomic mass is 9.98. The molecule has 9 aromatic rings. The third-order valence-corrected chi connectivity index (χ3v) is 9.52. The maximum Gasteiger partial charge on any atom is 0.146 e. The monoisotopic (exact) mass is 540 g/mol. The van der Waals surface area contributed by atoms with Gasteiger partial charge < -0.3 is 0 Å². The number of pyridine rings is 1. The lowest BCUT2D eigenvalue weighted by Crippen LogP contribution is -1.93. The molecule has 0 aliphatic heterocycles. The zero-order valence-corrected chi connectivity index (χ0v) is 23.2. The van der Waals surface area contributed by atoms with Gasteiger partial charge >= 0.3 is 0 Å². The van der Waals surface area contributed by atoms with Gasteiger partial charge in [-0.25, -0.2) is 4.98 Å². The van der Waals surface area contributed by atoms with Crippen molar-refractivity contribution in [2.24, 2.45) is 0 Å². The molecule has 0 saturated carbocycles. The average molecular weight is 541 g/mol. The lowest BCUT2D eigenvalue weighted by molar-refractivity contribution is 1.32. The molecule has 0 amide bonds. The van der Waals surface area contributed by atoms with Crippen LogP contribution in [0.5, 0.6) is 0 Å². The Bertz CT molecular complexity index is 2480. The molecule has 0 radical (unpaired) electrons. The number of hydrogen-bond acceptors (Lipinski definition) is 2. The van der Waals surface area contributed by atoms with E-state index in [9.17, 15) is 0 Å². The van der Waals surface area contributed by atoms with Crippen molar-refractivity contribution in [1.29, 1.82) is 0 Å². The van der Waals surface area contributed by atoms with E-state index in [-0.39, 0.29) is 0 Å². The Kier molecular flexibility index (Phi) is 4.73. The van der Waals surface area contributed by atoms with Gasteiger partial charge in [0.25, 0.3) is 0 Å². The van der Waals surface area contributed by atoms with Crippen molar-refractivity contribution in [3.05, 3.63) is 132 Å². The number of aromatic nitrogens is 2. The SMILES string of the molecule is Cc1ccc(-c2ccc(-c3ccc4c(c3)c3ccccc3c3nc5c6ccccc6c6ccccc6c5n43)cc2)s1. The average Bonchev–Trinajstić information content (AvgIpc) is 3.66. The Morgan fingerprint density at radius 1 is 0.512 bits per heavy atom. The highest BCUT2D eigenvalue weighted by Gasteiger charge is 2.18. The second-order valence-corrected chi connectivity index (χ2v) is 12.1. The van der Waals surface area contributed by atoms with Crippen molar-refractivity contribution in [2.45, 2.75) is 6.92 Å². The zero-order valence-electron chi connectivity index (χ0n) is 22.4. The fourth-order valence-electron chi connectivity index (χ4n) is 6.58. The fraction of sp³-hybridized carbons (Fsp3) is 0.0263. The van der Waals surface area contributed by atoms with Crippen molar-refractivity contribution >= 4 is 71.2 Å². The molecule has 0 unspecified atom stereocenters. The molecule has 192 valence electrons. The molecule has 0 bridgehead atoms. The van der Waals surface area contributed by atoms with Crippen LogP contribution < -0.4 is 0 Å². The topological polar surface area (TPSA) is 17.3 Å². The molecular formula is C38H24N2S. The van der Waals surface area contributed by atoms with E-state index in [0.717, 1.165) is 11.2 Å². The summed E-state index contributed by atoms with van der Waals surface area (Å²) in [5.41, 5.74) is 8.12. The summed E-state index contributed by atoms with van der Waals surface area (Å²) in [7, 11) is 0. The van der Waals surface area contributed by atoms with Gasteiger partial charge in [0.05, 0.1) is 16.6 Å². The van der Waals surface area contributed by atoms with Crippen LogP contribution in [0.2, 0.25) is 0 Å². The third kappa shape index (κ3) is 3.27. The van der Waals surface area contributed by atoms with Gasteiger partial charge in [-0.1, -0.05) is 103 Å². The number of imidazole rings is 1. The quantitative estimate of drug-likeness (QED) is 0.199. The van der Waals surface area contributed by atoms with E-state index in [1.807, 2.05) is 11.3 Å². The van der Waals surface area contributed by atoms with Crippen LogP contribution in [0.4, 0.5) is 0 Å². The number of fused-ring (bicyclic) bond motifs is 13. The smallest absolute Gasteiger partial charge is 0.146 e. The van der Waals surface area contributed by atoms with Crippen LogP contribution in [0.25, 0.3) is 81.5 Å². The van der Waals surface area contributed by atoms with Gasteiger partial charge in [-0.3, -0.25) is 4.40 Å². The van der Waals surface area contributed by atoms with E-state index in [1.54, 1.807) is 0 Å². The number of thiophene rings is 1. The number of aryl methyl sites for hydroxylation is 1. The molecule has 0 spiro atoms. The van der Waals surface area contributed by atoms with E-state index >= 15 is 0 Å². The fourth-order valence-corrected chi connectivity index (χ4v) is 7.45. The summed E-state index contributed by atoms with van der Waals surface area (Å²) in [6, 6.07) is 46.4. The molecule has 0 saturated heterocycles. The highest BCUT2D eigenvalue weighted by atomic mass is 32.1. The molecule has 3 aromatic heterocycles. The Morgan fingerprint density at radius 3 is 1.80 bits per heavy atom. The predicted octanol–water partition coefficient (Wildman–Crippen LogP) is 10.8. The number of hydrogen-bond donors (Lipinski definition) is 0. The largest absolute Gasteiger partial charge is 0.291 e. The summed E-state index contributed by atoms with van der Waals surface area (Å²) in [5.74, 6) is 0. The Balaban J connectivity index is 1.37. The molecule has 0 atom stereocenters. The summed E-state index contributed by atoms with van der Waals surface area (Å²) < 4.78 is 2.40. The van der Waals surface area contributed by atoms with Crippen LogP contribution in [-0.4, -0.2) is 9.38 Å². The molecule has 3 heteroatoms. The van der Waals surface area contributed by atoms with Gasteiger partial charge in [-0.15, -0.1) is 11.3 Å². The van der Waals surface area contributed by atoms with Gasteiger partial charge in [-0.2, -0.15) is 0 Å². The second-order valence-electron chi connectivity index (χ2n) is 10.8. The minimum atomic E-state index is 1.01. The Labute approximate surface area is 240 Å². The third-order valence-electron chi connectivity index (χ3n) is 8.47. The first-order valence-electron chi connectivity index (χ1n) is 14.0. The van der Waals surface area contributed by atoms with Crippen molar-refractivity contribution in [2.75, 3.05) is 0 Å². The Morgan fingerprint density at radius 2 is 1.10 bits per heavy atom. The molecule has 0 N–H and O–H groups in total. The summed E-state index contributed by atoms with van der Waals surface area (Å²) in [6.07, 6.45) is 0.